The van der Waals surface area contributed by atoms with Gasteiger partial charge < -0.3 is 9.64 Å². The van der Waals surface area contributed by atoms with E-state index in [9.17, 15) is 9.59 Å². The molecule has 5 heteroatoms. The normalized spacial score (nSPS) is 17.3. The van der Waals surface area contributed by atoms with Gasteiger partial charge in [-0.2, -0.15) is 0 Å². The van der Waals surface area contributed by atoms with Crippen LogP contribution in [0, 0.1) is 0 Å². The van der Waals surface area contributed by atoms with E-state index in [1.165, 1.54) is 0 Å². The quantitative estimate of drug-likeness (QED) is 0.272. The van der Waals surface area contributed by atoms with Crippen molar-refractivity contribution in [3.05, 3.63) is 132 Å². The molecule has 0 spiro atoms. The van der Waals surface area contributed by atoms with Gasteiger partial charge in [-0.25, -0.2) is 4.79 Å². The zero-order valence-electron chi connectivity index (χ0n) is 20.2. The molecular formula is C31H28N2O3. The minimum absolute atomic E-state index is 0.0176. The third kappa shape index (κ3) is 4.73. The number of nitrogens with zero attached hydrogens (tertiary/aromatic N) is 2. The van der Waals surface area contributed by atoms with Gasteiger partial charge in [0.2, 0.25) is 0 Å². The summed E-state index contributed by atoms with van der Waals surface area (Å²) < 4.78 is 5.33. The standard InChI is InChI=1S/C31H28N2O3/c1-36-27-19-17-26(18-20-27)33-30(25-15-9-4-10-16-25)28(21-29(34)24-13-7-3-8-14-24)32(31(33)35)22-23-11-5-2-6-12-23/h2-20,28,30H,21-22H2,1H3. The van der Waals surface area contributed by atoms with E-state index < -0.39 is 0 Å². The molecule has 2 amide bonds. The van der Waals surface area contributed by atoms with Crippen molar-refractivity contribution in [2.45, 2.75) is 25.0 Å². The van der Waals surface area contributed by atoms with Crippen molar-refractivity contribution in [1.82, 2.24) is 4.90 Å². The van der Waals surface area contributed by atoms with Gasteiger partial charge in [0.15, 0.2) is 5.78 Å². The molecule has 5 rings (SSSR count). The summed E-state index contributed by atoms with van der Waals surface area (Å²) in [5.41, 5.74) is 3.43. The third-order valence-corrected chi connectivity index (χ3v) is 6.67. The molecular weight excluding hydrogens is 448 g/mol. The lowest BCUT2D eigenvalue weighted by molar-refractivity contribution is 0.0941. The topological polar surface area (TPSA) is 49.9 Å². The Kier molecular flexibility index (Phi) is 6.80. The van der Waals surface area contributed by atoms with Crippen molar-refractivity contribution >= 4 is 17.5 Å². The smallest absolute Gasteiger partial charge is 0.325 e. The average molecular weight is 477 g/mol. The highest BCUT2D eigenvalue weighted by atomic mass is 16.5. The van der Waals surface area contributed by atoms with Crippen LogP contribution < -0.4 is 9.64 Å². The van der Waals surface area contributed by atoms with Crippen molar-refractivity contribution in [1.29, 1.82) is 0 Å². The van der Waals surface area contributed by atoms with Crippen LogP contribution in [0.3, 0.4) is 0 Å². The Morgan fingerprint density at radius 1 is 0.778 bits per heavy atom. The van der Waals surface area contributed by atoms with Crippen molar-refractivity contribution in [3.63, 3.8) is 0 Å². The minimum atomic E-state index is -0.352. The summed E-state index contributed by atoms with van der Waals surface area (Å²) in [4.78, 5) is 31.2. The number of hydrogen-bond acceptors (Lipinski definition) is 3. The number of methoxy groups -OCH3 is 1. The number of rotatable bonds is 8. The van der Waals surface area contributed by atoms with E-state index in [0.717, 1.165) is 22.6 Å². The molecule has 1 aliphatic heterocycles. The van der Waals surface area contributed by atoms with Crippen LogP contribution in [0.25, 0.3) is 0 Å². The minimum Gasteiger partial charge on any atom is -0.497 e. The van der Waals surface area contributed by atoms with Crippen molar-refractivity contribution < 1.29 is 14.3 Å². The summed E-state index contributed by atoms with van der Waals surface area (Å²) in [5.74, 6) is 0.738. The molecule has 4 aromatic carbocycles. The van der Waals surface area contributed by atoms with Crippen LogP contribution in [0.2, 0.25) is 0 Å². The van der Waals surface area contributed by atoms with E-state index in [2.05, 4.69) is 0 Å². The molecule has 1 fully saturated rings. The Morgan fingerprint density at radius 3 is 1.97 bits per heavy atom. The molecule has 1 saturated heterocycles. The van der Waals surface area contributed by atoms with Gasteiger partial charge in [-0.05, 0) is 35.4 Å². The van der Waals surface area contributed by atoms with Crippen LogP contribution in [0.15, 0.2) is 115 Å². The van der Waals surface area contributed by atoms with Gasteiger partial charge >= 0.3 is 6.03 Å². The predicted octanol–water partition coefficient (Wildman–Crippen LogP) is 6.52. The summed E-state index contributed by atoms with van der Waals surface area (Å²) in [6.07, 6.45) is 0.217. The largest absolute Gasteiger partial charge is 0.497 e. The molecule has 0 aliphatic carbocycles. The molecule has 4 aromatic rings. The number of carbonyl (C=O) groups is 2. The number of carbonyl (C=O) groups excluding carboxylic acids is 2. The maximum atomic E-state index is 14.1. The van der Waals surface area contributed by atoms with Crippen LogP contribution in [0.4, 0.5) is 10.5 Å². The highest BCUT2D eigenvalue weighted by Crippen LogP contribution is 2.42. The first-order chi connectivity index (χ1) is 17.7. The lowest BCUT2D eigenvalue weighted by Crippen LogP contribution is -2.36. The molecule has 0 saturated carbocycles. The van der Waals surface area contributed by atoms with Crippen LogP contribution in [0.5, 0.6) is 5.75 Å². The Balaban J connectivity index is 1.59. The van der Waals surface area contributed by atoms with Gasteiger partial charge in [-0.3, -0.25) is 9.69 Å². The zero-order chi connectivity index (χ0) is 24.9. The molecule has 2 atom stereocenters. The van der Waals surface area contributed by atoms with Gasteiger partial charge in [0, 0.05) is 24.2 Å². The van der Waals surface area contributed by atoms with Gasteiger partial charge in [0.1, 0.15) is 5.75 Å². The summed E-state index contributed by atoms with van der Waals surface area (Å²) in [6, 6.07) is 35.9. The Hall–Kier alpha value is -4.38. The molecule has 2 unspecified atom stereocenters. The number of benzene rings is 4. The monoisotopic (exact) mass is 476 g/mol. The van der Waals surface area contributed by atoms with Crippen molar-refractivity contribution in [2.24, 2.45) is 0 Å². The van der Waals surface area contributed by atoms with Gasteiger partial charge in [-0.1, -0.05) is 91.0 Å². The molecule has 5 nitrogen and oxygen atoms in total. The molecule has 1 aliphatic rings. The second-order valence-electron chi connectivity index (χ2n) is 8.88. The highest BCUT2D eigenvalue weighted by Gasteiger charge is 2.47. The van der Waals surface area contributed by atoms with Crippen molar-refractivity contribution in [2.75, 3.05) is 12.0 Å². The number of urea groups is 1. The molecule has 0 aromatic heterocycles. The number of ether oxygens (including phenoxy) is 1. The van der Waals surface area contributed by atoms with Crippen LogP contribution in [-0.2, 0) is 6.54 Å². The van der Waals surface area contributed by atoms with Gasteiger partial charge in [-0.15, -0.1) is 0 Å². The van der Waals surface area contributed by atoms with E-state index in [4.69, 9.17) is 4.74 Å². The first-order valence-corrected chi connectivity index (χ1v) is 12.1. The van der Waals surface area contributed by atoms with Gasteiger partial charge in [0.25, 0.3) is 0 Å². The lowest BCUT2D eigenvalue weighted by Gasteiger charge is -2.28. The summed E-state index contributed by atoms with van der Waals surface area (Å²) in [5, 5.41) is 0. The van der Waals surface area contributed by atoms with E-state index in [-0.39, 0.29) is 30.3 Å². The average Bonchev–Trinajstić information content (AvgIpc) is 3.20. The SMILES string of the molecule is COc1ccc(N2C(=O)N(Cc3ccccc3)C(CC(=O)c3ccccc3)C2c2ccccc2)cc1. The van der Waals surface area contributed by atoms with Crippen LogP contribution in [-0.4, -0.2) is 29.9 Å². The van der Waals surface area contributed by atoms with Crippen LogP contribution >= 0.6 is 0 Å². The molecule has 1 heterocycles. The predicted molar refractivity (Wildman–Crippen MR) is 141 cm³/mol. The summed E-state index contributed by atoms with van der Waals surface area (Å²) >= 11 is 0. The third-order valence-electron chi connectivity index (χ3n) is 6.67. The van der Waals surface area contributed by atoms with Gasteiger partial charge in [0.05, 0.1) is 19.2 Å². The highest BCUT2D eigenvalue weighted by molar-refractivity contribution is 6.00. The Morgan fingerprint density at radius 2 is 1.36 bits per heavy atom. The van der Waals surface area contributed by atoms with Crippen molar-refractivity contribution in [3.8, 4) is 5.75 Å². The van der Waals surface area contributed by atoms with E-state index >= 15 is 0 Å². The van der Waals surface area contributed by atoms with E-state index in [1.54, 1.807) is 7.11 Å². The fourth-order valence-electron chi connectivity index (χ4n) is 4.90. The Labute approximate surface area is 211 Å². The number of ketones is 1. The molecule has 36 heavy (non-hydrogen) atoms. The number of amides is 2. The molecule has 0 radical (unpaired) electrons. The zero-order valence-corrected chi connectivity index (χ0v) is 20.2. The number of hydrogen-bond donors (Lipinski definition) is 0. The first kappa shape index (κ1) is 23.4. The lowest BCUT2D eigenvalue weighted by atomic mass is 9.92. The summed E-state index contributed by atoms with van der Waals surface area (Å²) in [7, 11) is 1.62. The molecule has 0 bridgehead atoms. The second kappa shape index (κ2) is 10.5. The van der Waals surface area contributed by atoms with E-state index in [0.29, 0.717) is 12.1 Å². The molecule has 180 valence electrons. The fourth-order valence-corrected chi connectivity index (χ4v) is 4.90. The maximum Gasteiger partial charge on any atom is 0.325 e. The number of anilines is 1. The number of Topliss-reactive ketones (excluding diaryl/α,β-unsaturated/α-hetero) is 1. The molecule has 0 N–H and O–H groups in total. The fraction of sp³-hybridized carbons (Fsp3) is 0.161. The second-order valence-corrected chi connectivity index (χ2v) is 8.88. The first-order valence-electron chi connectivity index (χ1n) is 12.1. The van der Waals surface area contributed by atoms with E-state index in [1.807, 2.05) is 125 Å². The summed E-state index contributed by atoms with van der Waals surface area (Å²) in [6.45, 7) is 0.419. The Bertz CT molecular complexity index is 1310. The van der Waals surface area contributed by atoms with Crippen LogP contribution in [0.1, 0.15) is 33.9 Å². The maximum absolute atomic E-state index is 14.1.